The van der Waals surface area contributed by atoms with Crippen LogP contribution in [-0.4, -0.2) is 11.9 Å². The molecule has 0 saturated heterocycles. The predicted molar refractivity (Wildman–Crippen MR) is 68.0 cm³/mol. The molecular formula is C15H17NO. The smallest absolute Gasteiger partial charge is 0.252 e. The highest BCUT2D eigenvalue weighted by Gasteiger charge is 2.26. The van der Waals surface area contributed by atoms with E-state index in [0.717, 1.165) is 18.4 Å². The summed E-state index contributed by atoms with van der Waals surface area (Å²) in [4.78, 5) is 12.0. The Morgan fingerprint density at radius 1 is 1.18 bits per heavy atom. The molecule has 2 aliphatic rings. The Hall–Kier alpha value is -1.57. The van der Waals surface area contributed by atoms with Crippen molar-refractivity contribution < 1.29 is 4.79 Å². The van der Waals surface area contributed by atoms with Crippen molar-refractivity contribution in [2.75, 3.05) is 0 Å². The molecule has 0 aromatic heterocycles. The average molecular weight is 227 g/mol. The molecule has 1 amide bonds. The number of hydrogen-bond donors (Lipinski definition) is 1. The van der Waals surface area contributed by atoms with Gasteiger partial charge in [0.15, 0.2) is 0 Å². The van der Waals surface area contributed by atoms with Crippen LogP contribution in [0.2, 0.25) is 0 Å². The van der Waals surface area contributed by atoms with Gasteiger partial charge in [0.05, 0.1) is 6.04 Å². The molecule has 1 aromatic carbocycles. The van der Waals surface area contributed by atoms with E-state index in [0.29, 0.717) is 0 Å². The lowest BCUT2D eigenvalue weighted by Crippen LogP contribution is -2.42. The topological polar surface area (TPSA) is 29.1 Å². The Labute approximate surface area is 102 Å². The van der Waals surface area contributed by atoms with E-state index >= 15 is 0 Å². The second-order valence-electron chi connectivity index (χ2n) is 4.91. The van der Waals surface area contributed by atoms with Crippen molar-refractivity contribution in [2.24, 2.45) is 0 Å². The first-order valence-corrected chi connectivity index (χ1v) is 6.42. The fourth-order valence-corrected chi connectivity index (χ4v) is 2.83. The molecule has 0 fully saturated rings. The number of hydrogen-bond acceptors (Lipinski definition) is 1. The summed E-state index contributed by atoms with van der Waals surface area (Å²) in [5, 5.41) is 3.14. The molecule has 1 heterocycles. The van der Waals surface area contributed by atoms with Gasteiger partial charge in [-0.25, -0.2) is 0 Å². The number of carbonyl (C=O) groups is 1. The predicted octanol–water partition coefficient (Wildman–Crippen LogP) is 2.84. The van der Waals surface area contributed by atoms with Crippen molar-refractivity contribution >= 4 is 5.91 Å². The van der Waals surface area contributed by atoms with Crippen LogP contribution in [0.25, 0.3) is 0 Å². The lowest BCUT2D eigenvalue weighted by Gasteiger charge is -2.29. The van der Waals surface area contributed by atoms with Gasteiger partial charge in [0.25, 0.3) is 5.91 Å². The van der Waals surface area contributed by atoms with Gasteiger partial charge >= 0.3 is 0 Å². The zero-order valence-electron chi connectivity index (χ0n) is 9.91. The van der Waals surface area contributed by atoms with E-state index in [1.54, 1.807) is 0 Å². The highest BCUT2D eigenvalue weighted by atomic mass is 16.1. The van der Waals surface area contributed by atoms with Crippen LogP contribution < -0.4 is 5.32 Å². The molecule has 1 aliphatic carbocycles. The fraction of sp³-hybridized carbons (Fsp3) is 0.400. The van der Waals surface area contributed by atoms with Crippen molar-refractivity contribution in [3.8, 4) is 0 Å². The molecule has 0 saturated carbocycles. The maximum atomic E-state index is 12.0. The summed E-state index contributed by atoms with van der Waals surface area (Å²) < 4.78 is 0. The van der Waals surface area contributed by atoms with Crippen LogP contribution in [0.15, 0.2) is 35.9 Å². The van der Waals surface area contributed by atoms with Crippen LogP contribution in [0.3, 0.4) is 0 Å². The van der Waals surface area contributed by atoms with Crippen LogP contribution in [0.1, 0.15) is 41.6 Å². The third-order valence-corrected chi connectivity index (χ3v) is 3.77. The lowest BCUT2D eigenvalue weighted by atomic mass is 9.86. The second-order valence-corrected chi connectivity index (χ2v) is 4.91. The van der Waals surface area contributed by atoms with Crippen LogP contribution in [0, 0.1) is 0 Å². The molecule has 0 radical (unpaired) electrons. The van der Waals surface area contributed by atoms with Crippen molar-refractivity contribution in [3.63, 3.8) is 0 Å². The van der Waals surface area contributed by atoms with E-state index in [1.807, 2.05) is 18.2 Å². The molecular weight excluding hydrogens is 210 g/mol. The quantitative estimate of drug-likeness (QED) is 0.734. The van der Waals surface area contributed by atoms with Crippen molar-refractivity contribution in [1.29, 1.82) is 0 Å². The summed E-state index contributed by atoms with van der Waals surface area (Å²) in [7, 11) is 0. The largest absolute Gasteiger partial charge is 0.345 e. The van der Waals surface area contributed by atoms with Crippen molar-refractivity contribution in [3.05, 3.63) is 47.0 Å². The first-order chi connectivity index (χ1) is 8.34. The monoisotopic (exact) mass is 227 g/mol. The second kappa shape index (κ2) is 4.36. The van der Waals surface area contributed by atoms with E-state index in [-0.39, 0.29) is 11.9 Å². The van der Waals surface area contributed by atoms with Gasteiger partial charge in [0.2, 0.25) is 0 Å². The maximum Gasteiger partial charge on any atom is 0.252 e. The number of nitrogens with one attached hydrogen (secondary N) is 1. The number of allylic oxidation sites excluding steroid dienone is 1. The Kier molecular flexibility index (Phi) is 2.71. The van der Waals surface area contributed by atoms with Gasteiger partial charge in [0.1, 0.15) is 0 Å². The normalized spacial score (nSPS) is 23.6. The molecule has 88 valence electrons. The van der Waals surface area contributed by atoms with Crippen LogP contribution in [-0.2, 0) is 6.42 Å². The van der Waals surface area contributed by atoms with Gasteiger partial charge in [-0.3, -0.25) is 4.79 Å². The third kappa shape index (κ3) is 1.99. The maximum absolute atomic E-state index is 12.0. The molecule has 1 unspecified atom stereocenters. The molecule has 17 heavy (non-hydrogen) atoms. The van der Waals surface area contributed by atoms with E-state index in [4.69, 9.17) is 0 Å². The Bertz CT molecular complexity index is 476. The van der Waals surface area contributed by atoms with E-state index in [2.05, 4.69) is 17.5 Å². The van der Waals surface area contributed by atoms with Gasteiger partial charge in [-0.1, -0.05) is 29.8 Å². The summed E-state index contributed by atoms with van der Waals surface area (Å²) in [5.41, 5.74) is 3.46. The zero-order valence-corrected chi connectivity index (χ0v) is 9.91. The van der Waals surface area contributed by atoms with E-state index in [1.165, 1.54) is 30.4 Å². The zero-order chi connectivity index (χ0) is 11.7. The SMILES string of the molecule is O=C1NC(C2=CCCCC2)Cc2ccccc21. The Morgan fingerprint density at radius 2 is 2.06 bits per heavy atom. The van der Waals surface area contributed by atoms with E-state index in [9.17, 15) is 4.79 Å². The van der Waals surface area contributed by atoms with Gasteiger partial charge in [0, 0.05) is 5.56 Å². The molecule has 1 aromatic rings. The molecule has 1 N–H and O–H groups in total. The lowest BCUT2D eigenvalue weighted by molar-refractivity contribution is 0.0931. The molecule has 3 rings (SSSR count). The van der Waals surface area contributed by atoms with Crippen molar-refractivity contribution in [1.82, 2.24) is 5.32 Å². The minimum absolute atomic E-state index is 0.0864. The molecule has 1 atom stereocenters. The minimum Gasteiger partial charge on any atom is -0.345 e. The van der Waals surface area contributed by atoms with Crippen molar-refractivity contribution in [2.45, 2.75) is 38.1 Å². The van der Waals surface area contributed by atoms with Crippen LogP contribution in [0.5, 0.6) is 0 Å². The average Bonchev–Trinajstić information content (AvgIpc) is 2.40. The number of carbonyl (C=O) groups excluding carboxylic acids is 1. The first-order valence-electron chi connectivity index (χ1n) is 6.42. The molecule has 2 heteroatoms. The summed E-state index contributed by atoms with van der Waals surface area (Å²) in [5.74, 6) is 0.0864. The van der Waals surface area contributed by atoms with Gasteiger partial charge in [-0.2, -0.15) is 0 Å². The highest BCUT2D eigenvalue weighted by Crippen LogP contribution is 2.26. The fourth-order valence-electron chi connectivity index (χ4n) is 2.83. The van der Waals surface area contributed by atoms with E-state index < -0.39 is 0 Å². The third-order valence-electron chi connectivity index (χ3n) is 3.77. The highest BCUT2D eigenvalue weighted by molar-refractivity contribution is 5.97. The molecule has 1 aliphatic heterocycles. The number of rotatable bonds is 1. The minimum atomic E-state index is 0.0864. The number of amides is 1. The Balaban J connectivity index is 1.88. The first kappa shape index (κ1) is 10.6. The van der Waals surface area contributed by atoms with Crippen LogP contribution >= 0.6 is 0 Å². The molecule has 2 nitrogen and oxygen atoms in total. The standard InChI is InChI=1S/C15H17NO/c17-15-13-9-5-4-8-12(13)10-14(16-15)11-6-2-1-3-7-11/h4-6,8-9,14H,1-3,7,10H2,(H,16,17). The van der Waals surface area contributed by atoms with Gasteiger partial charge in [-0.05, 0) is 43.7 Å². The summed E-state index contributed by atoms with van der Waals surface area (Å²) in [6, 6.07) is 8.17. The number of benzene rings is 1. The Morgan fingerprint density at radius 3 is 2.88 bits per heavy atom. The summed E-state index contributed by atoms with van der Waals surface area (Å²) in [6.07, 6.45) is 8.15. The van der Waals surface area contributed by atoms with Gasteiger partial charge < -0.3 is 5.32 Å². The summed E-state index contributed by atoms with van der Waals surface area (Å²) >= 11 is 0. The van der Waals surface area contributed by atoms with Crippen LogP contribution in [0.4, 0.5) is 0 Å². The molecule has 0 spiro atoms. The summed E-state index contributed by atoms with van der Waals surface area (Å²) in [6.45, 7) is 0. The molecule has 0 bridgehead atoms. The number of fused-ring (bicyclic) bond motifs is 1. The van der Waals surface area contributed by atoms with Gasteiger partial charge in [-0.15, -0.1) is 0 Å².